The number of nitrogens with two attached hydrogens (primary N) is 1. The second-order valence-corrected chi connectivity index (χ2v) is 10.3. The van der Waals surface area contributed by atoms with E-state index in [1.807, 2.05) is 29.2 Å². The zero-order valence-corrected chi connectivity index (χ0v) is 20.4. The maximum absolute atomic E-state index is 13.1. The Labute approximate surface area is 200 Å². The van der Waals surface area contributed by atoms with Gasteiger partial charge in [-0.1, -0.05) is 18.2 Å². The highest BCUT2D eigenvalue weighted by Gasteiger charge is 2.25. The summed E-state index contributed by atoms with van der Waals surface area (Å²) in [6.07, 6.45) is 1.71. The second-order valence-electron chi connectivity index (χ2n) is 8.47. The summed E-state index contributed by atoms with van der Waals surface area (Å²) in [4.78, 5) is 26.3. The van der Waals surface area contributed by atoms with Crippen LogP contribution in [0.25, 0.3) is 0 Å². The number of hydrogen-bond acceptors (Lipinski definition) is 6. The van der Waals surface area contributed by atoms with Crippen molar-refractivity contribution in [2.45, 2.75) is 25.7 Å². The molecule has 1 saturated heterocycles. The predicted octanol–water partition coefficient (Wildman–Crippen LogP) is 2.10. The summed E-state index contributed by atoms with van der Waals surface area (Å²) < 4.78 is 32.2. The van der Waals surface area contributed by atoms with Crippen LogP contribution in [0.1, 0.15) is 40.2 Å². The van der Waals surface area contributed by atoms with Crippen LogP contribution in [-0.2, 0) is 19.6 Å². The van der Waals surface area contributed by atoms with Crippen LogP contribution >= 0.6 is 0 Å². The molecule has 34 heavy (non-hydrogen) atoms. The van der Waals surface area contributed by atoms with Crippen molar-refractivity contribution in [3.63, 3.8) is 0 Å². The fourth-order valence-corrected chi connectivity index (χ4v) is 4.98. The normalized spacial score (nSPS) is 14.6. The third-order valence-corrected chi connectivity index (χ3v) is 7.18. The maximum atomic E-state index is 13.1. The summed E-state index contributed by atoms with van der Waals surface area (Å²) in [5.74, 6) is -0.419. The molecular formula is C24H32N4O5S. The van der Waals surface area contributed by atoms with Crippen molar-refractivity contribution in [2.24, 2.45) is 0 Å². The molecule has 9 nitrogen and oxygen atoms in total. The van der Waals surface area contributed by atoms with Gasteiger partial charge in [0.1, 0.15) is 6.61 Å². The molecule has 3 rings (SSSR count). The lowest BCUT2D eigenvalue weighted by Gasteiger charge is -2.32. The number of methoxy groups -OCH3 is 1. The number of sulfonamides is 1. The van der Waals surface area contributed by atoms with Crippen molar-refractivity contribution in [1.29, 1.82) is 0 Å². The number of ether oxygens (including phenoxy) is 1. The van der Waals surface area contributed by atoms with E-state index in [1.165, 1.54) is 12.7 Å². The van der Waals surface area contributed by atoms with Crippen LogP contribution in [0.2, 0.25) is 0 Å². The lowest BCUT2D eigenvalue weighted by Crippen LogP contribution is -2.38. The number of piperidine rings is 1. The fourth-order valence-electron chi connectivity index (χ4n) is 3.96. The van der Waals surface area contributed by atoms with Gasteiger partial charge in [0.15, 0.2) is 0 Å². The molecule has 2 aromatic rings. The van der Waals surface area contributed by atoms with Gasteiger partial charge in [-0.3, -0.25) is 14.3 Å². The number of hydrogen-bond donors (Lipinski definition) is 3. The summed E-state index contributed by atoms with van der Waals surface area (Å²) in [6.45, 7) is 2.85. The highest BCUT2D eigenvalue weighted by Crippen LogP contribution is 2.29. The first-order chi connectivity index (χ1) is 16.2. The van der Waals surface area contributed by atoms with Crippen molar-refractivity contribution in [1.82, 2.24) is 10.2 Å². The van der Waals surface area contributed by atoms with Gasteiger partial charge in [0, 0.05) is 38.0 Å². The first kappa shape index (κ1) is 25.5. The van der Waals surface area contributed by atoms with Crippen molar-refractivity contribution in [2.75, 3.05) is 49.6 Å². The van der Waals surface area contributed by atoms with Crippen molar-refractivity contribution >= 4 is 33.2 Å². The van der Waals surface area contributed by atoms with Gasteiger partial charge in [-0.25, -0.2) is 8.42 Å². The van der Waals surface area contributed by atoms with Crippen LogP contribution in [0.5, 0.6) is 0 Å². The number of amides is 2. The van der Waals surface area contributed by atoms with Gasteiger partial charge in [0.05, 0.1) is 11.4 Å². The lowest BCUT2D eigenvalue weighted by molar-refractivity contribution is -0.124. The lowest BCUT2D eigenvalue weighted by atomic mass is 9.89. The number of carbonyl (C=O) groups is 2. The van der Waals surface area contributed by atoms with Crippen LogP contribution in [0.3, 0.4) is 0 Å². The third-order valence-electron chi connectivity index (χ3n) is 5.91. The van der Waals surface area contributed by atoms with Crippen molar-refractivity contribution in [3.8, 4) is 0 Å². The summed E-state index contributed by atoms with van der Waals surface area (Å²) in [7, 11) is -2.33. The number of rotatable bonds is 9. The Morgan fingerprint density at radius 2 is 1.79 bits per heavy atom. The Morgan fingerprint density at radius 3 is 2.44 bits per heavy atom. The Bertz CT molecular complexity index is 1110. The molecule has 184 valence electrons. The minimum absolute atomic E-state index is 0.0435. The number of aryl methyl sites for hydroxylation is 1. The quantitative estimate of drug-likeness (QED) is 0.464. The molecule has 2 aromatic carbocycles. The number of likely N-dealkylation sites (tertiary alicyclic amines) is 1. The van der Waals surface area contributed by atoms with Gasteiger partial charge in [-0.2, -0.15) is 0 Å². The minimum Gasteiger partial charge on any atom is -0.399 e. The molecule has 10 heteroatoms. The fraction of sp³-hybridized carbons (Fsp3) is 0.417. The van der Waals surface area contributed by atoms with E-state index in [0.717, 1.165) is 18.5 Å². The first-order valence-corrected chi connectivity index (χ1v) is 12.8. The van der Waals surface area contributed by atoms with E-state index >= 15 is 0 Å². The third kappa shape index (κ3) is 6.94. The molecule has 0 unspecified atom stereocenters. The molecule has 1 heterocycles. The zero-order chi connectivity index (χ0) is 24.7. The molecule has 1 aliphatic rings. The highest BCUT2D eigenvalue weighted by atomic mass is 32.2. The zero-order valence-electron chi connectivity index (χ0n) is 19.5. The van der Waals surface area contributed by atoms with E-state index in [0.29, 0.717) is 35.8 Å². The van der Waals surface area contributed by atoms with Gasteiger partial charge in [-0.05, 0) is 61.1 Å². The Balaban J connectivity index is 1.60. The molecule has 1 aliphatic heterocycles. The standard InChI is InChI=1S/C24H32N4O5S/c1-17-3-4-20(15-22(17)27-34(31,32)14-11-26-23(29)16-33-2)24(30)28-12-9-19(10-13-28)18-5-7-21(25)8-6-18/h3-8,15,19,27H,9-14,16,25H2,1-2H3,(H,26,29). The SMILES string of the molecule is COCC(=O)NCCS(=O)(=O)Nc1cc(C(=O)N2CCC(c3ccc(N)cc3)CC2)ccc1C. The molecule has 0 atom stereocenters. The smallest absolute Gasteiger partial charge is 0.253 e. The van der Waals surface area contributed by atoms with Gasteiger partial charge in [0.2, 0.25) is 15.9 Å². The topological polar surface area (TPSA) is 131 Å². The van der Waals surface area contributed by atoms with Crippen LogP contribution in [0, 0.1) is 6.92 Å². The average molecular weight is 489 g/mol. The molecule has 0 aliphatic carbocycles. The highest BCUT2D eigenvalue weighted by molar-refractivity contribution is 7.92. The molecule has 1 fully saturated rings. The molecule has 0 aromatic heterocycles. The van der Waals surface area contributed by atoms with Gasteiger partial charge in [-0.15, -0.1) is 0 Å². The van der Waals surface area contributed by atoms with E-state index in [4.69, 9.17) is 10.5 Å². The molecule has 0 bridgehead atoms. The number of carbonyl (C=O) groups excluding carboxylic acids is 2. The summed E-state index contributed by atoms with van der Waals surface area (Å²) in [6, 6.07) is 12.9. The molecule has 0 spiro atoms. The van der Waals surface area contributed by atoms with Gasteiger partial charge in [0.25, 0.3) is 5.91 Å². The Hall–Kier alpha value is -3.11. The Morgan fingerprint density at radius 1 is 1.12 bits per heavy atom. The summed E-state index contributed by atoms with van der Waals surface area (Å²) >= 11 is 0. The predicted molar refractivity (Wildman–Crippen MR) is 132 cm³/mol. The van der Waals surface area contributed by atoms with Crippen molar-refractivity contribution in [3.05, 3.63) is 59.2 Å². The van der Waals surface area contributed by atoms with Crippen LogP contribution in [0.4, 0.5) is 11.4 Å². The van der Waals surface area contributed by atoms with E-state index in [1.54, 1.807) is 25.1 Å². The van der Waals surface area contributed by atoms with Crippen LogP contribution in [-0.4, -0.2) is 64.2 Å². The van der Waals surface area contributed by atoms with E-state index in [9.17, 15) is 18.0 Å². The maximum Gasteiger partial charge on any atom is 0.253 e. The van der Waals surface area contributed by atoms with E-state index < -0.39 is 10.0 Å². The Kier molecular flexibility index (Phi) is 8.51. The van der Waals surface area contributed by atoms with Crippen LogP contribution in [0.15, 0.2) is 42.5 Å². The van der Waals surface area contributed by atoms with Gasteiger partial charge < -0.3 is 20.7 Å². The van der Waals surface area contributed by atoms with E-state index in [-0.39, 0.29) is 30.7 Å². The monoisotopic (exact) mass is 488 g/mol. The largest absolute Gasteiger partial charge is 0.399 e. The number of nitrogen functional groups attached to an aromatic ring is 1. The first-order valence-electron chi connectivity index (χ1n) is 11.2. The molecule has 2 amide bonds. The molecule has 0 radical (unpaired) electrons. The molecular weight excluding hydrogens is 456 g/mol. The number of anilines is 2. The summed E-state index contributed by atoms with van der Waals surface area (Å²) in [5, 5.41) is 2.48. The van der Waals surface area contributed by atoms with Gasteiger partial charge >= 0.3 is 0 Å². The number of nitrogens with one attached hydrogen (secondary N) is 2. The minimum atomic E-state index is -3.72. The molecule has 4 N–H and O–H groups in total. The van der Waals surface area contributed by atoms with E-state index in [2.05, 4.69) is 10.0 Å². The van der Waals surface area contributed by atoms with Crippen molar-refractivity contribution < 1.29 is 22.7 Å². The summed E-state index contributed by atoms with van der Waals surface area (Å²) in [5.41, 5.74) is 9.22. The number of nitrogens with zero attached hydrogens (tertiary/aromatic N) is 1. The second kappa shape index (κ2) is 11.3. The average Bonchev–Trinajstić information content (AvgIpc) is 2.80. The number of benzene rings is 2. The van der Waals surface area contributed by atoms with Crippen LogP contribution < -0.4 is 15.8 Å². The molecule has 0 saturated carbocycles.